The van der Waals surface area contributed by atoms with E-state index in [1.54, 1.807) is 6.92 Å². The maximum Gasteiger partial charge on any atom is 0.245 e. The van der Waals surface area contributed by atoms with Gasteiger partial charge in [0.1, 0.15) is 15.9 Å². The summed E-state index contributed by atoms with van der Waals surface area (Å²) in [6.07, 6.45) is 1.92. The number of nitrogens with two attached hydrogens (primary N) is 1. The van der Waals surface area contributed by atoms with E-state index in [0.29, 0.717) is 28.8 Å². The Kier molecular flexibility index (Phi) is 3.74. The third kappa shape index (κ3) is 2.42. The highest BCUT2D eigenvalue weighted by molar-refractivity contribution is 7.99. The predicted octanol–water partition coefficient (Wildman–Crippen LogP) is 2.23. The minimum atomic E-state index is 0.416. The number of anilines is 2. The molecule has 94 valence electrons. The van der Waals surface area contributed by atoms with Crippen molar-refractivity contribution in [2.45, 2.75) is 18.4 Å². The van der Waals surface area contributed by atoms with Crippen molar-refractivity contribution in [2.24, 2.45) is 0 Å². The van der Waals surface area contributed by atoms with E-state index in [-0.39, 0.29) is 0 Å². The molecule has 0 fully saturated rings. The van der Waals surface area contributed by atoms with E-state index >= 15 is 0 Å². The molecule has 18 heavy (non-hydrogen) atoms. The van der Waals surface area contributed by atoms with Crippen molar-refractivity contribution in [3.05, 3.63) is 16.6 Å². The van der Waals surface area contributed by atoms with Crippen molar-refractivity contribution in [3.8, 4) is 6.07 Å². The van der Waals surface area contributed by atoms with Crippen LogP contribution in [0.15, 0.2) is 9.42 Å². The fraction of sp³-hybridized carbons (Fsp3) is 0.300. The van der Waals surface area contributed by atoms with Gasteiger partial charge in [0, 0.05) is 0 Å². The summed E-state index contributed by atoms with van der Waals surface area (Å²) in [6, 6.07) is 2.08. The third-order valence-corrected chi connectivity index (χ3v) is 4.20. The molecule has 3 N–H and O–H groups in total. The van der Waals surface area contributed by atoms with Gasteiger partial charge in [-0.2, -0.15) is 10.2 Å². The maximum absolute atomic E-state index is 8.94. The zero-order valence-electron chi connectivity index (χ0n) is 9.85. The van der Waals surface area contributed by atoms with Crippen LogP contribution in [0.4, 0.5) is 10.7 Å². The van der Waals surface area contributed by atoms with Gasteiger partial charge >= 0.3 is 0 Å². The van der Waals surface area contributed by atoms with E-state index in [1.807, 2.05) is 6.26 Å². The van der Waals surface area contributed by atoms with E-state index in [0.717, 1.165) is 9.90 Å². The van der Waals surface area contributed by atoms with E-state index in [4.69, 9.17) is 15.5 Å². The number of thioether (sulfide) groups is 1. The molecule has 6 nitrogen and oxygen atoms in total. The van der Waals surface area contributed by atoms with Gasteiger partial charge in [0.05, 0.1) is 17.1 Å². The first-order valence-corrected chi connectivity index (χ1v) is 7.09. The first-order chi connectivity index (χ1) is 8.65. The number of aromatic nitrogens is 2. The van der Waals surface area contributed by atoms with Crippen molar-refractivity contribution in [3.63, 3.8) is 0 Å². The molecular weight excluding hydrogens is 270 g/mol. The van der Waals surface area contributed by atoms with Crippen LogP contribution in [0.5, 0.6) is 0 Å². The smallest absolute Gasteiger partial charge is 0.245 e. The Balaban J connectivity index is 2.16. The highest BCUT2D eigenvalue weighted by atomic mass is 32.2. The quantitative estimate of drug-likeness (QED) is 0.828. The molecule has 2 heterocycles. The van der Waals surface area contributed by atoms with Crippen LogP contribution in [0.25, 0.3) is 0 Å². The number of aryl methyl sites for hydroxylation is 1. The van der Waals surface area contributed by atoms with E-state index in [1.165, 1.54) is 23.1 Å². The Morgan fingerprint density at radius 2 is 2.39 bits per heavy atom. The number of nitrogens with zero attached hydrogens (tertiary/aromatic N) is 3. The van der Waals surface area contributed by atoms with Gasteiger partial charge in [-0.3, -0.25) is 0 Å². The number of hydrogen-bond donors (Lipinski definition) is 2. The van der Waals surface area contributed by atoms with Gasteiger partial charge in [-0.1, -0.05) is 5.16 Å². The van der Waals surface area contributed by atoms with Crippen LogP contribution in [0, 0.1) is 18.3 Å². The summed E-state index contributed by atoms with van der Waals surface area (Å²) in [4.78, 5) is 5.49. The summed E-state index contributed by atoms with van der Waals surface area (Å²) in [6.45, 7) is 2.18. The second-order valence-electron chi connectivity index (χ2n) is 3.41. The van der Waals surface area contributed by atoms with Gasteiger partial charge in [0.15, 0.2) is 5.82 Å². The molecular formula is C10H11N5OS2. The Hall–Kier alpha value is -1.72. The Bertz CT molecular complexity index is 598. The Morgan fingerprint density at radius 3 is 2.94 bits per heavy atom. The molecule has 0 atom stereocenters. The number of hydrogen-bond acceptors (Lipinski definition) is 8. The average Bonchev–Trinajstić information content (AvgIpc) is 2.90. The molecule has 8 heteroatoms. The van der Waals surface area contributed by atoms with Gasteiger partial charge in [0.25, 0.3) is 0 Å². The molecule has 2 aromatic heterocycles. The monoisotopic (exact) mass is 281 g/mol. The molecule has 0 spiro atoms. The highest BCUT2D eigenvalue weighted by Gasteiger charge is 2.15. The molecule has 0 saturated carbocycles. The molecule has 0 amide bonds. The molecule has 0 aliphatic carbocycles. The summed E-state index contributed by atoms with van der Waals surface area (Å²) in [5.74, 6) is 1.10. The second kappa shape index (κ2) is 5.29. The third-order valence-electron chi connectivity index (χ3n) is 2.18. The Labute approximate surface area is 112 Å². The van der Waals surface area contributed by atoms with Crippen molar-refractivity contribution in [1.29, 1.82) is 5.26 Å². The molecule has 0 bridgehead atoms. The SMILES string of the molecule is CSc1c(NCc2nc(C)no2)sc(C#N)c1N. The first-order valence-electron chi connectivity index (χ1n) is 5.05. The maximum atomic E-state index is 8.94. The van der Waals surface area contributed by atoms with Crippen LogP contribution >= 0.6 is 23.1 Å². The van der Waals surface area contributed by atoms with Crippen molar-refractivity contribution >= 4 is 33.8 Å². The zero-order chi connectivity index (χ0) is 13.1. The van der Waals surface area contributed by atoms with Gasteiger partial charge < -0.3 is 15.6 Å². The number of nitriles is 1. The lowest BCUT2D eigenvalue weighted by Crippen LogP contribution is -1.99. The lowest BCUT2D eigenvalue weighted by Gasteiger charge is -2.02. The number of nitrogen functional groups attached to an aromatic ring is 1. The number of nitrogens with one attached hydrogen (secondary N) is 1. The van der Waals surface area contributed by atoms with E-state index < -0.39 is 0 Å². The summed E-state index contributed by atoms with van der Waals surface area (Å²) in [5.41, 5.74) is 6.40. The van der Waals surface area contributed by atoms with E-state index in [2.05, 4.69) is 21.5 Å². The van der Waals surface area contributed by atoms with Crippen LogP contribution in [-0.4, -0.2) is 16.4 Å². The van der Waals surface area contributed by atoms with E-state index in [9.17, 15) is 0 Å². The lowest BCUT2D eigenvalue weighted by atomic mass is 10.4. The topological polar surface area (TPSA) is 101 Å². The molecule has 2 rings (SSSR count). The molecule has 0 radical (unpaired) electrons. The number of rotatable bonds is 4. The van der Waals surface area contributed by atoms with Crippen molar-refractivity contribution in [2.75, 3.05) is 17.3 Å². The molecule has 0 aliphatic heterocycles. The van der Waals surface area contributed by atoms with Crippen LogP contribution in [-0.2, 0) is 6.54 Å². The second-order valence-corrected chi connectivity index (χ2v) is 5.25. The van der Waals surface area contributed by atoms with Gasteiger partial charge in [-0.05, 0) is 13.2 Å². The molecule has 0 aliphatic rings. The van der Waals surface area contributed by atoms with Crippen molar-refractivity contribution in [1.82, 2.24) is 10.1 Å². The highest BCUT2D eigenvalue weighted by Crippen LogP contribution is 2.41. The van der Waals surface area contributed by atoms with Crippen LogP contribution in [0.2, 0.25) is 0 Å². The largest absolute Gasteiger partial charge is 0.396 e. The first kappa shape index (κ1) is 12.7. The normalized spacial score (nSPS) is 10.3. The van der Waals surface area contributed by atoms with Crippen LogP contribution in [0.3, 0.4) is 0 Å². The zero-order valence-corrected chi connectivity index (χ0v) is 11.5. The average molecular weight is 281 g/mol. The summed E-state index contributed by atoms with van der Waals surface area (Å²) >= 11 is 2.83. The van der Waals surface area contributed by atoms with Gasteiger partial charge in [0.2, 0.25) is 5.89 Å². The lowest BCUT2D eigenvalue weighted by molar-refractivity contribution is 0.379. The van der Waals surface area contributed by atoms with Gasteiger partial charge in [-0.25, -0.2) is 0 Å². The molecule has 0 saturated heterocycles. The predicted molar refractivity (Wildman–Crippen MR) is 71.6 cm³/mol. The summed E-state index contributed by atoms with van der Waals surface area (Å²) in [7, 11) is 0. The Morgan fingerprint density at radius 1 is 1.61 bits per heavy atom. The molecule has 0 aromatic carbocycles. The van der Waals surface area contributed by atoms with Crippen LogP contribution in [0.1, 0.15) is 16.6 Å². The fourth-order valence-electron chi connectivity index (χ4n) is 1.40. The minimum absolute atomic E-state index is 0.416. The summed E-state index contributed by atoms with van der Waals surface area (Å²) in [5, 5.41) is 16.7. The standard InChI is InChI=1S/C10H11N5OS2/c1-5-14-7(16-15-5)4-13-10-9(17-2)8(12)6(3-11)18-10/h13H,4,12H2,1-2H3. The van der Waals surface area contributed by atoms with Crippen molar-refractivity contribution < 1.29 is 4.52 Å². The van der Waals surface area contributed by atoms with Crippen LogP contribution < -0.4 is 11.1 Å². The molecule has 0 unspecified atom stereocenters. The molecule has 2 aromatic rings. The minimum Gasteiger partial charge on any atom is -0.396 e. The van der Waals surface area contributed by atoms with Gasteiger partial charge in [-0.15, -0.1) is 23.1 Å². The summed E-state index contributed by atoms with van der Waals surface area (Å²) < 4.78 is 5.00. The number of thiophene rings is 1. The fourth-order valence-corrected chi connectivity index (χ4v) is 3.23.